The Morgan fingerprint density at radius 2 is 1.80 bits per heavy atom. The molecule has 40 heavy (non-hydrogen) atoms. The maximum Gasteiger partial charge on any atom is 0.430 e. The largest absolute Gasteiger partial charge is 0.494 e. The third-order valence-corrected chi connectivity index (χ3v) is 7.89. The number of alkyl halides is 3. The van der Waals surface area contributed by atoms with E-state index in [9.17, 15) is 27.9 Å². The van der Waals surface area contributed by atoms with Gasteiger partial charge in [-0.2, -0.15) is 13.2 Å². The number of likely N-dealkylation sites (tertiary alicyclic amines) is 1. The van der Waals surface area contributed by atoms with Crippen LogP contribution in [-0.2, 0) is 10.4 Å². The van der Waals surface area contributed by atoms with Crippen LogP contribution in [0.4, 0.5) is 19.0 Å². The van der Waals surface area contributed by atoms with Crippen LogP contribution in [0.5, 0.6) is 5.75 Å². The van der Waals surface area contributed by atoms with Crippen molar-refractivity contribution in [2.75, 3.05) is 51.8 Å². The van der Waals surface area contributed by atoms with Gasteiger partial charge in [-0.1, -0.05) is 23.7 Å². The summed E-state index contributed by atoms with van der Waals surface area (Å²) in [4.78, 5) is 34.2. The Morgan fingerprint density at radius 1 is 1.12 bits per heavy atom. The highest BCUT2D eigenvalue weighted by Gasteiger charge is 2.63. The summed E-state index contributed by atoms with van der Waals surface area (Å²) in [5.41, 5.74) is -3.86. The van der Waals surface area contributed by atoms with Gasteiger partial charge in [-0.05, 0) is 62.3 Å². The number of aromatic nitrogens is 1. The van der Waals surface area contributed by atoms with E-state index in [0.717, 1.165) is 49.4 Å². The van der Waals surface area contributed by atoms with Crippen molar-refractivity contribution in [1.82, 2.24) is 14.8 Å². The Kier molecular flexibility index (Phi) is 8.84. The minimum atomic E-state index is -5.19. The van der Waals surface area contributed by atoms with Crippen LogP contribution in [0, 0.1) is 11.8 Å². The van der Waals surface area contributed by atoms with Crippen molar-refractivity contribution < 1.29 is 32.6 Å². The molecule has 12 heteroatoms. The second-order valence-corrected chi connectivity index (χ2v) is 11.0. The van der Waals surface area contributed by atoms with E-state index in [1.165, 1.54) is 17.0 Å². The third kappa shape index (κ3) is 6.00. The summed E-state index contributed by atoms with van der Waals surface area (Å²) in [7, 11) is 3.29. The summed E-state index contributed by atoms with van der Waals surface area (Å²) in [5, 5.41) is 10.9. The van der Waals surface area contributed by atoms with Gasteiger partial charge >= 0.3 is 6.18 Å². The lowest BCUT2D eigenvalue weighted by atomic mass is 9.82. The molecule has 1 atom stereocenters. The molecule has 1 aromatic heterocycles. The molecule has 1 aromatic carbocycles. The molecule has 0 radical (unpaired) electrons. The first kappa shape index (κ1) is 29.9. The summed E-state index contributed by atoms with van der Waals surface area (Å²) in [6.07, 6.45) is -2.69. The molecule has 218 valence electrons. The van der Waals surface area contributed by atoms with Gasteiger partial charge in [0.1, 0.15) is 16.7 Å². The van der Waals surface area contributed by atoms with Gasteiger partial charge in [-0.3, -0.25) is 9.59 Å². The minimum absolute atomic E-state index is 0.0663. The highest BCUT2D eigenvalue weighted by atomic mass is 35.5. The molecule has 0 bridgehead atoms. The Balaban J connectivity index is 1.32. The zero-order valence-corrected chi connectivity index (χ0v) is 23.5. The van der Waals surface area contributed by atoms with Crippen molar-refractivity contribution >= 4 is 29.2 Å². The van der Waals surface area contributed by atoms with E-state index in [4.69, 9.17) is 16.3 Å². The molecule has 1 unspecified atom stereocenters. The topological polar surface area (TPSA) is 86.2 Å². The molecule has 2 amide bonds. The summed E-state index contributed by atoms with van der Waals surface area (Å²) < 4.78 is 47.5. The number of ether oxygens (including phenoxy) is 1. The summed E-state index contributed by atoms with van der Waals surface area (Å²) in [6, 6.07) is 8.42. The van der Waals surface area contributed by atoms with Gasteiger partial charge in [0.05, 0.1) is 12.2 Å². The number of hydrogen-bond acceptors (Lipinski definition) is 6. The molecule has 8 nitrogen and oxygen atoms in total. The Hall–Kier alpha value is -3.05. The fraction of sp³-hybridized carbons (Fsp3) is 0.536. The summed E-state index contributed by atoms with van der Waals surface area (Å²) >= 11 is 6.26. The number of nitrogens with zero attached hydrogens (tertiary/aromatic N) is 4. The van der Waals surface area contributed by atoms with E-state index in [2.05, 4.69) is 9.88 Å². The molecule has 2 aromatic rings. The van der Waals surface area contributed by atoms with Gasteiger partial charge in [0, 0.05) is 45.8 Å². The molecular weight excluding hydrogens is 549 g/mol. The van der Waals surface area contributed by atoms with Gasteiger partial charge in [-0.25, -0.2) is 4.98 Å². The zero-order chi connectivity index (χ0) is 29.2. The number of pyridine rings is 1. The molecule has 2 saturated heterocycles. The summed E-state index contributed by atoms with van der Waals surface area (Å²) in [5.74, 6) is -0.315. The first-order valence-electron chi connectivity index (χ1n) is 13.3. The average molecular weight is 583 g/mol. The normalized spacial score (nSPS) is 18.2. The van der Waals surface area contributed by atoms with Gasteiger partial charge in [0.15, 0.2) is 0 Å². The minimum Gasteiger partial charge on any atom is -0.494 e. The van der Waals surface area contributed by atoms with Crippen molar-refractivity contribution in [3.8, 4) is 5.75 Å². The van der Waals surface area contributed by atoms with E-state index in [1.807, 2.05) is 0 Å². The smallest absolute Gasteiger partial charge is 0.430 e. The second-order valence-electron chi connectivity index (χ2n) is 10.6. The number of aliphatic hydroxyl groups is 1. The number of hydrogen-bond donors (Lipinski definition) is 1. The lowest BCUT2D eigenvalue weighted by Crippen LogP contribution is -2.61. The van der Waals surface area contributed by atoms with Crippen LogP contribution in [0.3, 0.4) is 0 Å². The van der Waals surface area contributed by atoms with E-state index in [-0.39, 0.29) is 42.4 Å². The maximum absolute atomic E-state index is 14.1. The predicted molar refractivity (Wildman–Crippen MR) is 144 cm³/mol. The predicted octanol–water partition coefficient (Wildman–Crippen LogP) is 4.35. The number of carbonyl (C=O) groups is 2. The van der Waals surface area contributed by atoms with Gasteiger partial charge in [0.2, 0.25) is 0 Å². The van der Waals surface area contributed by atoms with E-state index in [1.54, 1.807) is 33.2 Å². The molecule has 2 aliphatic heterocycles. The van der Waals surface area contributed by atoms with Crippen LogP contribution in [0.2, 0.25) is 5.15 Å². The highest BCUT2D eigenvalue weighted by Crippen LogP contribution is 2.43. The van der Waals surface area contributed by atoms with Crippen molar-refractivity contribution in [2.45, 2.75) is 38.0 Å². The maximum atomic E-state index is 14.1. The summed E-state index contributed by atoms with van der Waals surface area (Å²) in [6.45, 7) is 3.73. The molecule has 3 heterocycles. The lowest BCUT2D eigenvalue weighted by Gasteiger charge is -2.45. The first-order valence-corrected chi connectivity index (χ1v) is 13.7. The van der Waals surface area contributed by atoms with Crippen LogP contribution < -0.4 is 9.64 Å². The molecule has 2 aliphatic rings. The van der Waals surface area contributed by atoms with Crippen molar-refractivity contribution in [1.29, 1.82) is 0 Å². The Labute approximate surface area is 236 Å². The molecule has 0 spiro atoms. The molecule has 1 N–H and O–H groups in total. The van der Waals surface area contributed by atoms with Crippen molar-refractivity contribution in [3.05, 3.63) is 52.7 Å². The third-order valence-electron chi connectivity index (χ3n) is 7.60. The SMILES string of the molecule is CCOc1cccc(C(O)(C(=O)N2CC(CC3CCN(c4ccc(C(=O)N(C)C)c(Cl)n4)CC3)C2)C(F)(F)F)c1. The van der Waals surface area contributed by atoms with Gasteiger partial charge in [0.25, 0.3) is 17.4 Å². The second kappa shape index (κ2) is 11.8. The number of amides is 2. The van der Waals surface area contributed by atoms with Crippen LogP contribution in [0.1, 0.15) is 42.1 Å². The van der Waals surface area contributed by atoms with Crippen molar-refractivity contribution in [3.63, 3.8) is 0 Å². The van der Waals surface area contributed by atoms with Crippen LogP contribution in [-0.4, -0.2) is 84.8 Å². The Morgan fingerprint density at radius 3 is 2.38 bits per heavy atom. The monoisotopic (exact) mass is 582 g/mol. The molecule has 4 rings (SSSR count). The molecule has 0 saturated carbocycles. The number of anilines is 1. The standard InChI is InChI=1S/C28H34ClF3N4O4/c1-4-40-21-7-5-6-20(15-21)27(39,28(30,31)32)26(38)36-16-19(17-36)14-18-10-12-35(13-11-18)23-9-8-22(24(29)33-23)25(37)34(2)3/h5-9,15,18-19,39H,4,10-14,16-17H2,1-3H3. The van der Waals surface area contributed by atoms with Crippen LogP contribution in [0.15, 0.2) is 36.4 Å². The average Bonchev–Trinajstić information content (AvgIpc) is 2.89. The molecular formula is C28H34ClF3N4O4. The quantitative estimate of drug-likeness (QED) is 0.466. The van der Waals surface area contributed by atoms with E-state index >= 15 is 0 Å². The molecule has 2 fully saturated rings. The number of piperidine rings is 1. The Bertz CT molecular complexity index is 1230. The number of carbonyl (C=O) groups excluding carboxylic acids is 2. The number of halogens is 4. The fourth-order valence-electron chi connectivity index (χ4n) is 5.37. The first-order chi connectivity index (χ1) is 18.8. The molecule has 0 aliphatic carbocycles. The van der Waals surface area contributed by atoms with Crippen LogP contribution in [0.25, 0.3) is 0 Å². The van der Waals surface area contributed by atoms with Crippen LogP contribution >= 0.6 is 11.6 Å². The highest BCUT2D eigenvalue weighted by molar-refractivity contribution is 6.32. The van der Waals surface area contributed by atoms with Gasteiger partial charge < -0.3 is 24.5 Å². The number of rotatable bonds is 8. The lowest BCUT2D eigenvalue weighted by molar-refractivity contribution is -0.264. The fourth-order valence-corrected chi connectivity index (χ4v) is 5.60. The zero-order valence-electron chi connectivity index (χ0n) is 22.7. The van der Waals surface area contributed by atoms with Gasteiger partial charge in [-0.15, -0.1) is 0 Å². The van der Waals surface area contributed by atoms with E-state index in [0.29, 0.717) is 17.3 Å². The van der Waals surface area contributed by atoms with E-state index < -0.39 is 23.2 Å². The van der Waals surface area contributed by atoms with Crippen molar-refractivity contribution in [2.24, 2.45) is 11.8 Å². The number of benzene rings is 1.